The zero-order chi connectivity index (χ0) is 13.3. The molecule has 0 aromatic heterocycles. The van der Waals surface area contributed by atoms with Crippen LogP contribution in [-0.2, 0) is 9.59 Å². The van der Waals surface area contributed by atoms with Crippen molar-refractivity contribution in [3.8, 4) is 0 Å². The first-order chi connectivity index (χ1) is 8.49. The molecule has 0 spiro atoms. The first-order valence-corrected chi connectivity index (χ1v) is 5.94. The number of aliphatic hydroxyl groups excluding tert-OH is 1. The van der Waals surface area contributed by atoms with Crippen molar-refractivity contribution >= 4 is 28.7 Å². The predicted octanol–water partition coefficient (Wildman–Crippen LogP) is 2.84. The van der Waals surface area contributed by atoms with Crippen LogP contribution in [0.4, 0.5) is 4.39 Å². The summed E-state index contributed by atoms with van der Waals surface area (Å²) in [4.78, 5) is 23.0. The van der Waals surface area contributed by atoms with Gasteiger partial charge in [0.1, 0.15) is 17.1 Å². The topological polar surface area (TPSA) is 54.4 Å². The molecule has 1 aliphatic heterocycles. The fourth-order valence-electron chi connectivity index (χ4n) is 1.54. The summed E-state index contributed by atoms with van der Waals surface area (Å²) in [5.74, 6) is -1.13. The van der Waals surface area contributed by atoms with Crippen molar-refractivity contribution in [2.75, 3.05) is 0 Å². The van der Waals surface area contributed by atoms with Gasteiger partial charge in [-0.05, 0) is 42.5 Å². The van der Waals surface area contributed by atoms with Gasteiger partial charge < -0.3 is 5.11 Å². The number of rotatable bonds is 2. The Labute approximate surface area is 107 Å². The molecule has 1 N–H and O–H groups in total. The minimum Gasteiger partial charge on any atom is -0.506 e. The third-order valence-corrected chi connectivity index (χ3v) is 3.32. The maximum atomic E-state index is 12.7. The average molecular weight is 264 g/mol. The van der Waals surface area contributed by atoms with Gasteiger partial charge in [0.25, 0.3) is 0 Å². The van der Waals surface area contributed by atoms with Crippen LogP contribution in [0.3, 0.4) is 0 Å². The van der Waals surface area contributed by atoms with Crippen LogP contribution in [0.15, 0.2) is 40.5 Å². The van der Waals surface area contributed by atoms with Gasteiger partial charge in [0.05, 0.1) is 4.91 Å². The molecule has 0 aliphatic carbocycles. The second-order valence-electron chi connectivity index (χ2n) is 3.73. The molecule has 0 fully saturated rings. The standard InChI is InChI=1S/C13H9FO3S/c1-7(15)11-12(16)10(18-13(11)17)6-8-2-4-9(14)5-3-8/h2-6,16H,1H3/b10-6+. The van der Waals surface area contributed by atoms with Gasteiger partial charge >= 0.3 is 0 Å². The fourth-order valence-corrected chi connectivity index (χ4v) is 2.47. The normalized spacial score (nSPS) is 17.7. The summed E-state index contributed by atoms with van der Waals surface area (Å²) in [5.41, 5.74) is 0.455. The lowest BCUT2D eigenvalue weighted by molar-refractivity contribution is -0.116. The molecule has 2 rings (SSSR count). The number of ketones is 1. The second kappa shape index (κ2) is 4.78. The molecule has 92 valence electrons. The van der Waals surface area contributed by atoms with E-state index in [4.69, 9.17) is 0 Å². The number of carbonyl (C=O) groups is 2. The molecule has 1 heterocycles. The van der Waals surface area contributed by atoms with E-state index in [0.717, 1.165) is 11.8 Å². The third kappa shape index (κ3) is 2.36. The molecular formula is C13H9FO3S. The first kappa shape index (κ1) is 12.6. The Morgan fingerprint density at radius 1 is 1.33 bits per heavy atom. The molecule has 0 saturated heterocycles. The monoisotopic (exact) mass is 264 g/mol. The summed E-state index contributed by atoms with van der Waals surface area (Å²) in [5, 5.41) is 9.32. The van der Waals surface area contributed by atoms with Crippen LogP contribution < -0.4 is 0 Å². The van der Waals surface area contributed by atoms with E-state index in [-0.39, 0.29) is 17.1 Å². The fraction of sp³-hybridized carbons (Fsp3) is 0.0769. The van der Waals surface area contributed by atoms with Crippen molar-refractivity contribution in [1.29, 1.82) is 0 Å². The van der Waals surface area contributed by atoms with Gasteiger partial charge in [-0.1, -0.05) is 12.1 Å². The van der Waals surface area contributed by atoms with E-state index in [1.165, 1.54) is 37.3 Å². The number of halogens is 1. The molecule has 0 unspecified atom stereocenters. The van der Waals surface area contributed by atoms with Crippen molar-refractivity contribution in [2.45, 2.75) is 6.92 Å². The molecule has 1 aliphatic rings. The zero-order valence-electron chi connectivity index (χ0n) is 9.44. The summed E-state index contributed by atoms with van der Waals surface area (Å²) in [7, 11) is 0. The summed E-state index contributed by atoms with van der Waals surface area (Å²) in [6.07, 6.45) is 1.54. The van der Waals surface area contributed by atoms with Gasteiger partial charge in [-0.15, -0.1) is 0 Å². The Kier molecular flexibility index (Phi) is 3.34. The Bertz CT molecular complexity index is 585. The maximum absolute atomic E-state index is 12.7. The van der Waals surface area contributed by atoms with E-state index < -0.39 is 10.9 Å². The molecule has 3 nitrogen and oxygen atoms in total. The molecule has 0 bridgehead atoms. The van der Waals surface area contributed by atoms with Crippen LogP contribution in [0.2, 0.25) is 0 Å². The number of benzene rings is 1. The van der Waals surface area contributed by atoms with E-state index in [2.05, 4.69) is 0 Å². The number of thioether (sulfide) groups is 1. The number of hydrogen-bond acceptors (Lipinski definition) is 4. The van der Waals surface area contributed by atoms with E-state index in [9.17, 15) is 19.1 Å². The van der Waals surface area contributed by atoms with E-state index >= 15 is 0 Å². The van der Waals surface area contributed by atoms with Crippen LogP contribution >= 0.6 is 11.8 Å². The highest BCUT2D eigenvalue weighted by Crippen LogP contribution is 2.37. The van der Waals surface area contributed by atoms with Gasteiger partial charge in [-0.25, -0.2) is 4.39 Å². The maximum Gasteiger partial charge on any atom is 0.231 e. The van der Waals surface area contributed by atoms with Gasteiger partial charge in [0.2, 0.25) is 5.12 Å². The van der Waals surface area contributed by atoms with Crippen molar-refractivity contribution in [3.63, 3.8) is 0 Å². The minimum absolute atomic E-state index is 0.187. The summed E-state index contributed by atoms with van der Waals surface area (Å²) >= 11 is 0.793. The highest BCUT2D eigenvalue weighted by molar-refractivity contribution is 8.18. The molecule has 1 aromatic carbocycles. The summed E-state index contributed by atoms with van der Waals surface area (Å²) in [6.45, 7) is 1.23. The van der Waals surface area contributed by atoms with Crippen LogP contribution in [0, 0.1) is 5.82 Å². The third-order valence-electron chi connectivity index (χ3n) is 2.40. The van der Waals surface area contributed by atoms with Gasteiger partial charge in [-0.2, -0.15) is 0 Å². The van der Waals surface area contributed by atoms with E-state index in [0.29, 0.717) is 10.5 Å². The quantitative estimate of drug-likeness (QED) is 0.834. The molecule has 0 atom stereocenters. The van der Waals surface area contributed by atoms with Crippen molar-refractivity contribution < 1.29 is 19.1 Å². The lowest BCUT2D eigenvalue weighted by Crippen LogP contribution is -2.03. The minimum atomic E-state index is -0.465. The molecular weight excluding hydrogens is 255 g/mol. The Morgan fingerprint density at radius 2 is 1.94 bits per heavy atom. The van der Waals surface area contributed by atoms with Crippen molar-refractivity contribution in [1.82, 2.24) is 0 Å². The highest BCUT2D eigenvalue weighted by atomic mass is 32.2. The van der Waals surface area contributed by atoms with Gasteiger partial charge in [0.15, 0.2) is 5.78 Å². The first-order valence-electron chi connectivity index (χ1n) is 5.13. The summed E-state index contributed by atoms with van der Waals surface area (Å²) in [6, 6.07) is 5.60. The second-order valence-corrected chi connectivity index (χ2v) is 4.74. The van der Waals surface area contributed by atoms with Crippen LogP contribution in [0.1, 0.15) is 12.5 Å². The predicted molar refractivity (Wildman–Crippen MR) is 67.3 cm³/mol. The van der Waals surface area contributed by atoms with Gasteiger partial charge in [-0.3, -0.25) is 9.59 Å². The lowest BCUT2D eigenvalue weighted by atomic mass is 10.1. The largest absolute Gasteiger partial charge is 0.506 e. The summed E-state index contributed by atoms with van der Waals surface area (Å²) < 4.78 is 12.7. The zero-order valence-corrected chi connectivity index (χ0v) is 10.3. The Balaban J connectivity index is 2.39. The molecule has 1 aromatic rings. The van der Waals surface area contributed by atoms with Crippen LogP contribution in [0.25, 0.3) is 6.08 Å². The number of carbonyl (C=O) groups excluding carboxylic acids is 2. The van der Waals surface area contributed by atoms with Crippen LogP contribution in [0.5, 0.6) is 0 Å². The molecule has 18 heavy (non-hydrogen) atoms. The Hall–Kier alpha value is -1.88. The lowest BCUT2D eigenvalue weighted by Gasteiger charge is -1.97. The molecule has 5 heteroatoms. The molecule has 0 amide bonds. The van der Waals surface area contributed by atoms with Crippen molar-refractivity contribution in [3.05, 3.63) is 51.9 Å². The highest BCUT2D eigenvalue weighted by Gasteiger charge is 2.31. The molecule has 0 saturated carbocycles. The number of aliphatic hydroxyl groups is 1. The van der Waals surface area contributed by atoms with E-state index in [1.54, 1.807) is 0 Å². The number of Topliss-reactive ketones (excluding diaryl/α,β-unsaturated/α-hetero) is 1. The smallest absolute Gasteiger partial charge is 0.231 e. The van der Waals surface area contributed by atoms with Crippen LogP contribution in [-0.4, -0.2) is 16.0 Å². The average Bonchev–Trinajstić information content (AvgIpc) is 2.57. The van der Waals surface area contributed by atoms with Gasteiger partial charge in [0, 0.05) is 0 Å². The number of hydrogen-bond donors (Lipinski definition) is 1. The van der Waals surface area contributed by atoms with Crippen molar-refractivity contribution in [2.24, 2.45) is 0 Å². The SMILES string of the molecule is CC(=O)C1=C(O)/C(=C\c2ccc(F)cc2)SC1=O. The Morgan fingerprint density at radius 3 is 2.44 bits per heavy atom. The van der Waals surface area contributed by atoms with E-state index in [1.807, 2.05) is 0 Å². The molecule has 0 radical (unpaired) electrons.